The molecule has 0 unspecified atom stereocenters. The van der Waals surface area contributed by atoms with Gasteiger partial charge in [-0.3, -0.25) is 0 Å². The third kappa shape index (κ3) is 3.41. The van der Waals surface area contributed by atoms with Gasteiger partial charge in [0.1, 0.15) is 0 Å². The van der Waals surface area contributed by atoms with Crippen LogP contribution in [0, 0.1) is 5.41 Å². The normalized spacial score (nSPS) is 20.8. The molecule has 0 amide bonds. The lowest BCUT2D eigenvalue weighted by molar-refractivity contribution is -0.00446. The second kappa shape index (κ2) is 5.78. The molecule has 0 aromatic carbocycles. The van der Waals surface area contributed by atoms with Gasteiger partial charge in [0.2, 0.25) is 0 Å². The molecule has 0 aromatic rings. The minimum atomic E-state index is -0.262. The van der Waals surface area contributed by atoms with Gasteiger partial charge in [0.05, 0.1) is 6.61 Å². The van der Waals surface area contributed by atoms with Crippen LogP contribution < -0.4 is 0 Å². The summed E-state index contributed by atoms with van der Waals surface area (Å²) in [7, 11) is 1.54. The highest BCUT2D eigenvalue weighted by Gasteiger charge is 2.34. The van der Waals surface area contributed by atoms with Crippen LogP contribution in [0.5, 0.6) is 0 Å². The maximum atomic E-state index is 5.69. The molecule has 0 spiro atoms. The molecule has 1 aliphatic carbocycles. The van der Waals surface area contributed by atoms with Crippen molar-refractivity contribution in [3.05, 3.63) is 0 Å². The fourth-order valence-electron chi connectivity index (χ4n) is 1.87. The highest BCUT2D eigenvalue weighted by Crippen LogP contribution is 2.43. The summed E-state index contributed by atoms with van der Waals surface area (Å²) in [4.78, 5) is 0. The lowest BCUT2D eigenvalue weighted by Crippen LogP contribution is -2.33. The van der Waals surface area contributed by atoms with Gasteiger partial charge >= 0.3 is 0 Å². The first-order chi connectivity index (χ1) is 6.33. The van der Waals surface area contributed by atoms with E-state index in [1.54, 1.807) is 7.11 Å². The van der Waals surface area contributed by atoms with E-state index in [2.05, 4.69) is 6.92 Å². The van der Waals surface area contributed by atoms with Gasteiger partial charge in [-0.2, -0.15) is 0 Å². The second-order valence-corrected chi connectivity index (χ2v) is 5.80. The molecule has 0 N–H and O–H groups in total. The molecular weight excluding hydrogens is 180 g/mol. The molecule has 0 radical (unpaired) electrons. The first-order valence-corrected chi connectivity index (χ1v) is 6.97. The van der Waals surface area contributed by atoms with Crippen LogP contribution >= 0.6 is 0 Å². The topological polar surface area (TPSA) is 18.5 Å². The molecule has 1 aliphatic rings. The molecule has 2 nitrogen and oxygen atoms in total. The number of ether oxygens (including phenoxy) is 1. The van der Waals surface area contributed by atoms with Crippen molar-refractivity contribution >= 4 is 9.76 Å². The smallest absolute Gasteiger partial charge is 0.163 e. The van der Waals surface area contributed by atoms with Crippen molar-refractivity contribution in [2.75, 3.05) is 20.3 Å². The lowest BCUT2D eigenvalue weighted by Gasteiger charge is -2.40. The first kappa shape index (κ1) is 11.2. The molecule has 3 heteroatoms. The lowest BCUT2D eigenvalue weighted by atomic mass is 9.68. The van der Waals surface area contributed by atoms with Crippen molar-refractivity contribution < 1.29 is 9.16 Å². The molecule has 0 saturated heterocycles. The average Bonchev–Trinajstić information content (AvgIpc) is 2.09. The van der Waals surface area contributed by atoms with E-state index in [-0.39, 0.29) is 9.76 Å². The SMILES string of the molecule is CCC1(COCC[SiH2]OC)CCC1. The Morgan fingerprint density at radius 2 is 2.15 bits per heavy atom. The molecule has 13 heavy (non-hydrogen) atoms. The maximum absolute atomic E-state index is 5.69. The summed E-state index contributed by atoms with van der Waals surface area (Å²) in [5.74, 6) is 0. The number of hydrogen-bond acceptors (Lipinski definition) is 2. The minimum absolute atomic E-state index is 0.262. The number of hydrogen-bond donors (Lipinski definition) is 0. The standard InChI is InChI=1S/C10H22O2Si/c1-3-10(5-4-6-10)9-12-7-8-13-11-2/h3-9,13H2,1-2H3. The summed E-state index contributed by atoms with van der Waals surface area (Å²) in [6, 6.07) is 1.16. The summed E-state index contributed by atoms with van der Waals surface area (Å²) in [6.07, 6.45) is 5.45. The van der Waals surface area contributed by atoms with Crippen LogP contribution in [0.25, 0.3) is 0 Å². The van der Waals surface area contributed by atoms with Gasteiger partial charge < -0.3 is 9.16 Å². The first-order valence-electron chi connectivity index (χ1n) is 5.40. The zero-order valence-corrected chi connectivity index (χ0v) is 10.4. The number of rotatable bonds is 7. The van der Waals surface area contributed by atoms with Gasteiger partial charge in [-0.1, -0.05) is 13.3 Å². The van der Waals surface area contributed by atoms with E-state index in [0.717, 1.165) is 19.3 Å². The Bertz CT molecular complexity index is 129. The molecule has 0 heterocycles. The monoisotopic (exact) mass is 202 g/mol. The Hall–Kier alpha value is 0.137. The van der Waals surface area contributed by atoms with E-state index in [1.165, 1.54) is 25.7 Å². The van der Waals surface area contributed by atoms with Crippen LogP contribution in [-0.4, -0.2) is 30.1 Å². The van der Waals surface area contributed by atoms with Crippen molar-refractivity contribution in [1.82, 2.24) is 0 Å². The summed E-state index contributed by atoms with van der Waals surface area (Å²) in [6.45, 7) is 4.19. The Kier molecular flexibility index (Phi) is 4.99. The predicted molar refractivity (Wildman–Crippen MR) is 57.8 cm³/mol. The van der Waals surface area contributed by atoms with E-state index in [0.29, 0.717) is 5.41 Å². The van der Waals surface area contributed by atoms with Gasteiger partial charge in [-0.05, 0) is 30.7 Å². The molecule has 1 saturated carbocycles. The van der Waals surface area contributed by atoms with E-state index >= 15 is 0 Å². The molecular formula is C10H22O2Si. The predicted octanol–water partition coefficient (Wildman–Crippen LogP) is 1.73. The van der Waals surface area contributed by atoms with Gasteiger partial charge in [0, 0.05) is 13.7 Å². The van der Waals surface area contributed by atoms with Gasteiger partial charge in [-0.25, -0.2) is 0 Å². The minimum Gasteiger partial charge on any atom is -0.427 e. The van der Waals surface area contributed by atoms with Crippen molar-refractivity contribution in [3.8, 4) is 0 Å². The highest BCUT2D eigenvalue weighted by molar-refractivity contribution is 6.26. The largest absolute Gasteiger partial charge is 0.427 e. The zero-order chi connectivity index (χ0) is 9.57. The summed E-state index contributed by atoms with van der Waals surface area (Å²) >= 11 is 0. The molecule has 0 aliphatic heterocycles. The second-order valence-electron chi connectivity index (χ2n) is 4.11. The van der Waals surface area contributed by atoms with E-state index < -0.39 is 0 Å². The molecule has 78 valence electrons. The molecule has 0 aromatic heterocycles. The zero-order valence-electron chi connectivity index (χ0n) is 8.97. The van der Waals surface area contributed by atoms with Crippen LogP contribution in [-0.2, 0) is 9.16 Å². The fraction of sp³-hybridized carbons (Fsp3) is 1.00. The van der Waals surface area contributed by atoms with Crippen LogP contribution in [0.15, 0.2) is 0 Å². The Morgan fingerprint density at radius 1 is 1.38 bits per heavy atom. The van der Waals surface area contributed by atoms with Crippen molar-refractivity contribution in [2.45, 2.75) is 38.7 Å². The van der Waals surface area contributed by atoms with E-state index in [4.69, 9.17) is 9.16 Å². The third-order valence-electron chi connectivity index (χ3n) is 3.21. The van der Waals surface area contributed by atoms with Gasteiger partial charge in [0.15, 0.2) is 9.76 Å². The van der Waals surface area contributed by atoms with Crippen molar-refractivity contribution in [3.63, 3.8) is 0 Å². The average molecular weight is 202 g/mol. The summed E-state index contributed by atoms with van der Waals surface area (Å²) in [5.41, 5.74) is 0.564. The van der Waals surface area contributed by atoms with E-state index in [1.807, 2.05) is 0 Å². The molecule has 0 bridgehead atoms. The molecule has 1 fully saturated rings. The van der Waals surface area contributed by atoms with Crippen molar-refractivity contribution in [1.29, 1.82) is 0 Å². The van der Waals surface area contributed by atoms with E-state index in [9.17, 15) is 0 Å². The Balaban J connectivity index is 1.98. The maximum Gasteiger partial charge on any atom is 0.163 e. The highest BCUT2D eigenvalue weighted by atomic mass is 28.2. The Morgan fingerprint density at radius 3 is 2.62 bits per heavy atom. The van der Waals surface area contributed by atoms with Gasteiger partial charge in [0.25, 0.3) is 0 Å². The van der Waals surface area contributed by atoms with Crippen LogP contribution in [0.2, 0.25) is 6.04 Å². The summed E-state index contributed by atoms with van der Waals surface area (Å²) in [5, 5.41) is 0. The third-order valence-corrected chi connectivity index (χ3v) is 4.20. The molecule has 0 atom stereocenters. The quantitative estimate of drug-likeness (QED) is 0.462. The Labute approximate surface area is 83.9 Å². The van der Waals surface area contributed by atoms with Crippen molar-refractivity contribution in [2.24, 2.45) is 5.41 Å². The molecule has 1 rings (SSSR count). The van der Waals surface area contributed by atoms with Gasteiger partial charge in [-0.15, -0.1) is 0 Å². The van der Waals surface area contributed by atoms with Crippen LogP contribution in [0.4, 0.5) is 0 Å². The van der Waals surface area contributed by atoms with Crippen LogP contribution in [0.1, 0.15) is 32.6 Å². The van der Waals surface area contributed by atoms with Crippen LogP contribution in [0.3, 0.4) is 0 Å². The fourth-order valence-corrected chi connectivity index (χ4v) is 2.48. The summed E-state index contributed by atoms with van der Waals surface area (Å²) < 4.78 is 10.8.